The summed E-state index contributed by atoms with van der Waals surface area (Å²) >= 11 is 5.73. The summed E-state index contributed by atoms with van der Waals surface area (Å²) in [5, 5.41) is 6.59. The molecule has 1 aliphatic heterocycles. The van der Waals surface area contributed by atoms with Crippen LogP contribution in [0.25, 0.3) is 5.69 Å². The van der Waals surface area contributed by atoms with Crippen LogP contribution in [-0.2, 0) is 4.79 Å². The Morgan fingerprint density at radius 3 is 2.59 bits per heavy atom. The number of thiocarbonyl (C=S) groups is 1. The van der Waals surface area contributed by atoms with Crippen molar-refractivity contribution in [3.8, 4) is 11.4 Å². The predicted molar refractivity (Wildman–Crippen MR) is 144 cm³/mol. The van der Waals surface area contributed by atoms with Crippen molar-refractivity contribution in [1.82, 2.24) is 19.8 Å². The van der Waals surface area contributed by atoms with Crippen LogP contribution in [0.1, 0.15) is 29.9 Å². The van der Waals surface area contributed by atoms with Gasteiger partial charge in [0.15, 0.2) is 5.11 Å². The molecular weight excluding hydrogens is 489 g/mol. The second kappa shape index (κ2) is 10.8. The number of nitrogens with one attached hydrogen (secondary N) is 2. The molecule has 9 heteroatoms. The Bertz CT molecular complexity index is 1390. The van der Waals surface area contributed by atoms with Crippen molar-refractivity contribution in [2.45, 2.75) is 18.5 Å². The molecular formula is C28H26FN5O2S. The van der Waals surface area contributed by atoms with E-state index in [9.17, 15) is 9.18 Å². The Kier molecular flexibility index (Phi) is 7.14. The van der Waals surface area contributed by atoms with E-state index >= 15 is 0 Å². The molecule has 0 aliphatic carbocycles. The van der Waals surface area contributed by atoms with Gasteiger partial charge >= 0.3 is 0 Å². The van der Waals surface area contributed by atoms with Crippen molar-refractivity contribution >= 4 is 28.9 Å². The Labute approximate surface area is 219 Å². The van der Waals surface area contributed by atoms with E-state index in [4.69, 9.17) is 17.0 Å². The number of carbonyl (C=O) groups is 1. The third-order valence-corrected chi connectivity index (χ3v) is 6.71. The van der Waals surface area contributed by atoms with Crippen LogP contribution in [0, 0.1) is 5.82 Å². The van der Waals surface area contributed by atoms with Crippen molar-refractivity contribution in [3.63, 3.8) is 0 Å². The molecule has 0 unspecified atom stereocenters. The molecule has 1 aliphatic rings. The van der Waals surface area contributed by atoms with E-state index in [0.717, 1.165) is 22.8 Å². The lowest BCUT2D eigenvalue weighted by Crippen LogP contribution is -2.33. The Balaban J connectivity index is 1.44. The van der Waals surface area contributed by atoms with Gasteiger partial charge < -0.3 is 24.8 Å². The molecule has 2 N–H and O–H groups in total. The zero-order valence-electron chi connectivity index (χ0n) is 20.2. The van der Waals surface area contributed by atoms with Crippen molar-refractivity contribution in [1.29, 1.82) is 0 Å². The lowest BCUT2D eigenvalue weighted by atomic mass is 10.0. The van der Waals surface area contributed by atoms with Gasteiger partial charge in [-0.1, -0.05) is 18.2 Å². The van der Waals surface area contributed by atoms with E-state index in [0.29, 0.717) is 11.7 Å². The maximum absolute atomic E-state index is 14.0. The molecule has 188 valence electrons. The summed E-state index contributed by atoms with van der Waals surface area (Å²) < 4.78 is 21.4. The number of pyridine rings is 1. The molecule has 37 heavy (non-hydrogen) atoms. The van der Waals surface area contributed by atoms with Crippen LogP contribution in [0.2, 0.25) is 0 Å². The van der Waals surface area contributed by atoms with E-state index in [-0.39, 0.29) is 30.1 Å². The zero-order chi connectivity index (χ0) is 25.8. The molecule has 1 saturated heterocycles. The second-order valence-corrected chi connectivity index (χ2v) is 8.99. The van der Waals surface area contributed by atoms with E-state index in [1.54, 1.807) is 25.4 Å². The molecule has 5 rings (SSSR count). The van der Waals surface area contributed by atoms with Crippen molar-refractivity contribution in [2.75, 3.05) is 19.0 Å². The molecule has 0 radical (unpaired) electrons. The number of ether oxygens (including phenoxy) is 1. The quantitative estimate of drug-likeness (QED) is 0.321. The number of carbonyl (C=O) groups excluding carboxylic acids is 1. The molecule has 1 fully saturated rings. The summed E-state index contributed by atoms with van der Waals surface area (Å²) in [4.78, 5) is 19.3. The van der Waals surface area contributed by atoms with Gasteiger partial charge in [-0.2, -0.15) is 0 Å². The number of benzene rings is 2. The number of nitrogens with zero attached hydrogens (tertiary/aromatic N) is 3. The molecule has 2 atom stereocenters. The highest BCUT2D eigenvalue weighted by atomic mass is 32.1. The first-order valence-electron chi connectivity index (χ1n) is 11.9. The number of para-hydroxylation sites is 1. The van der Waals surface area contributed by atoms with E-state index in [1.165, 1.54) is 12.1 Å². The summed E-state index contributed by atoms with van der Waals surface area (Å²) in [6, 6.07) is 23.3. The Morgan fingerprint density at radius 1 is 1.08 bits per heavy atom. The van der Waals surface area contributed by atoms with Crippen molar-refractivity contribution in [2.24, 2.45) is 0 Å². The standard InChI is InChI=1S/C28H26FN5O2S/c1-36-20-13-11-19(12-14-20)33-17-6-10-24(33)27-26(23-9-4-5-16-30-23)32-28(37)34(27)18-15-25(35)31-22-8-3-2-7-21(22)29/h2-14,16-17,26-27H,15,18H2,1H3,(H,31,35)(H,32,37)/t26-,27+/m0/s1. The Hall–Kier alpha value is -4.24. The molecule has 0 saturated carbocycles. The zero-order valence-corrected chi connectivity index (χ0v) is 21.0. The number of hydrogen-bond acceptors (Lipinski definition) is 4. The highest BCUT2D eigenvalue weighted by molar-refractivity contribution is 7.80. The summed E-state index contributed by atoms with van der Waals surface area (Å²) in [6.45, 7) is 0.341. The van der Waals surface area contributed by atoms with E-state index in [2.05, 4.69) is 20.2 Å². The van der Waals surface area contributed by atoms with Gasteiger partial charge in [0.1, 0.15) is 11.6 Å². The molecule has 0 spiro atoms. The normalized spacial score (nSPS) is 16.9. The lowest BCUT2D eigenvalue weighted by molar-refractivity contribution is -0.116. The predicted octanol–water partition coefficient (Wildman–Crippen LogP) is 5.02. The fourth-order valence-electron chi connectivity index (χ4n) is 4.58. The summed E-state index contributed by atoms with van der Waals surface area (Å²) in [5.41, 5.74) is 2.96. The fourth-order valence-corrected chi connectivity index (χ4v) is 4.91. The monoisotopic (exact) mass is 515 g/mol. The van der Waals surface area contributed by atoms with Gasteiger partial charge in [-0.25, -0.2) is 4.39 Å². The smallest absolute Gasteiger partial charge is 0.226 e. The van der Waals surface area contributed by atoms with Gasteiger partial charge in [-0.15, -0.1) is 0 Å². The van der Waals surface area contributed by atoms with Crippen LogP contribution in [0.5, 0.6) is 5.75 Å². The number of amides is 1. The average Bonchev–Trinajstić information content (AvgIpc) is 3.53. The third-order valence-electron chi connectivity index (χ3n) is 6.36. The molecule has 4 aromatic rings. The van der Waals surface area contributed by atoms with Crippen LogP contribution in [-0.4, -0.2) is 39.1 Å². The molecule has 7 nitrogen and oxygen atoms in total. The van der Waals surface area contributed by atoms with Crippen LogP contribution < -0.4 is 15.4 Å². The van der Waals surface area contributed by atoms with Gasteiger partial charge in [0.25, 0.3) is 0 Å². The topological polar surface area (TPSA) is 71.4 Å². The number of halogens is 1. The van der Waals surface area contributed by atoms with Crippen LogP contribution in [0.4, 0.5) is 10.1 Å². The highest BCUT2D eigenvalue weighted by Crippen LogP contribution is 2.39. The van der Waals surface area contributed by atoms with Gasteiger partial charge in [0.2, 0.25) is 5.91 Å². The summed E-state index contributed by atoms with van der Waals surface area (Å²) in [7, 11) is 1.64. The highest BCUT2D eigenvalue weighted by Gasteiger charge is 2.41. The van der Waals surface area contributed by atoms with E-state index in [1.807, 2.05) is 65.7 Å². The van der Waals surface area contributed by atoms with Crippen LogP contribution in [0.15, 0.2) is 91.3 Å². The largest absolute Gasteiger partial charge is 0.497 e. The van der Waals surface area contributed by atoms with Gasteiger partial charge in [0, 0.05) is 36.7 Å². The van der Waals surface area contributed by atoms with Crippen LogP contribution in [0.3, 0.4) is 0 Å². The fraction of sp³-hybridized carbons (Fsp3) is 0.179. The summed E-state index contributed by atoms with van der Waals surface area (Å²) in [5.74, 6) is 0.00751. The maximum atomic E-state index is 14.0. The minimum Gasteiger partial charge on any atom is -0.497 e. The number of anilines is 1. The minimum atomic E-state index is -0.473. The van der Waals surface area contributed by atoms with Crippen molar-refractivity contribution in [3.05, 3.63) is 108 Å². The number of methoxy groups -OCH3 is 1. The third kappa shape index (κ3) is 5.17. The van der Waals surface area contributed by atoms with Crippen LogP contribution >= 0.6 is 12.2 Å². The second-order valence-electron chi connectivity index (χ2n) is 8.60. The maximum Gasteiger partial charge on any atom is 0.226 e. The number of aromatic nitrogens is 2. The van der Waals surface area contributed by atoms with Crippen molar-refractivity contribution < 1.29 is 13.9 Å². The number of hydrogen-bond donors (Lipinski definition) is 2. The molecule has 2 aromatic carbocycles. The molecule has 2 aromatic heterocycles. The first kappa shape index (κ1) is 24.5. The Morgan fingerprint density at radius 2 is 1.86 bits per heavy atom. The van der Waals surface area contributed by atoms with E-state index < -0.39 is 5.82 Å². The molecule has 3 heterocycles. The molecule has 0 bridgehead atoms. The van der Waals surface area contributed by atoms with Gasteiger partial charge in [0.05, 0.1) is 30.6 Å². The average molecular weight is 516 g/mol. The minimum absolute atomic E-state index is 0.130. The molecule has 1 amide bonds. The number of rotatable bonds is 8. The summed E-state index contributed by atoms with van der Waals surface area (Å²) in [6.07, 6.45) is 3.88. The lowest BCUT2D eigenvalue weighted by Gasteiger charge is -2.29. The van der Waals surface area contributed by atoms with Gasteiger partial charge in [-0.3, -0.25) is 9.78 Å². The van der Waals surface area contributed by atoms with Gasteiger partial charge in [-0.05, 0) is 72.9 Å². The first-order chi connectivity index (χ1) is 18.0. The SMILES string of the molecule is COc1ccc(-n2cccc2[C@@H]2[C@H](c3ccccn3)NC(=S)N2CCC(=O)Nc2ccccc2F)cc1. The first-order valence-corrected chi connectivity index (χ1v) is 12.3.